The average molecular weight is 235 g/mol. The molecule has 2 rings (SSSR count). The first kappa shape index (κ1) is 12.2. The third-order valence-corrected chi connectivity index (χ3v) is 4.07. The van der Waals surface area contributed by atoms with Gasteiger partial charge in [0.25, 0.3) is 0 Å². The molecular formula is C14H21NO2. The molecule has 0 bridgehead atoms. The normalized spacial score (nSPS) is 29.2. The van der Waals surface area contributed by atoms with Gasteiger partial charge in [0.2, 0.25) is 0 Å². The van der Waals surface area contributed by atoms with E-state index in [1.807, 2.05) is 30.5 Å². The predicted octanol–water partition coefficient (Wildman–Crippen LogP) is 3.09. The Kier molecular flexibility index (Phi) is 3.02. The highest BCUT2D eigenvalue weighted by atomic mass is 16.4. The molecule has 0 radical (unpaired) electrons. The molecule has 1 fully saturated rings. The van der Waals surface area contributed by atoms with Crippen LogP contribution in [0.5, 0.6) is 0 Å². The van der Waals surface area contributed by atoms with Crippen molar-refractivity contribution in [1.82, 2.24) is 4.57 Å². The van der Waals surface area contributed by atoms with Gasteiger partial charge in [0.1, 0.15) is 5.54 Å². The number of hydrogen-bond acceptors (Lipinski definition) is 1. The van der Waals surface area contributed by atoms with E-state index >= 15 is 0 Å². The second-order valence-corrected chi connectivity index (χ2v) is 5.49. The molecule has 3 nitrogen and oxygen atoms in total. The highest BCUT2D eigenvalue weighted by Gasteiger charge is 2.44. The van der Waals surface area contributed by atoms with Gasteiger partial charge < -0.3 is 9.67 Å². The first-order chi connectivity index (χ1) is 7.97. The van der Waals surface area contributed by atoms with Gasteiger partial charge in [-0.1, -0.05) is 19.8 Å². The van der Waals surface area contributed by atoms with Crippen molar-refractivity contribution in [2.45, 2.75) is 52.0 Å². The summed E-state index contributed by atoms with van der Waals surface area (Å²) in [6, 6.07) is 4.03. The smallest absolute Gasteiger partial charge is 0.329 e. The molecule has 0 aromatic carbocycles. The number of carboxylic acids is 1. The summed E-state index contributed by atoms with van der Waals surface area (Å²) in [5.41, 5.74) is 1.40. The monoisotopic (exact) mass is 235 g/mol. The molecule has 1 aromatic heterocycles. The summed E-state index contributed by atoms with van der Waals surface area (Å²) in [4.78, 5) is 11.8. The van der Waals surface area contributed by atoms with Crippen LogP contribution in [0.4, 0.5) is 0 Å². The highest BCUT2D eigenvalue weighted by molar-refractivity contribution is 5.77. The minimum absolute atomic E-state index is 0.487. The molecular weight excluding hydrogens is 214 g/mol. The summed E-state index contributed by atoms with van der Waals surface area (Å²) in [7, 11) is 0. The maximum atomic E-state index is 11.8. The Hall–Kier alpha value is -1.25. The maximum Gasteiger partial charge on any atom is 0.329 e. The molecule has 0 spiro atoms. The molecule has 2 atom stereocenters. The summed E-state index contributed by atoms with van der Waals surface area (Å²) in [5.74, 6) is -0.187. The van der Waals surface area contributed by atoms with Crippen LogP contribution in [-0.2, 0) is 10.3 Å². The van der Waals surface area contributed by atoms with E-state index in [2.05, 4.69) is 6.92 Å². The van der Waals surface area contributed by atoms with E-state index < -0.39 is 11.5 Å². The molecule has 0 aliphatic heterocycles. The van der Waals surface area contributed by atoms with Gasteiger partial charge in [0.15, 0.2) is 0 Å². The van der Waals surface area contributed by atoms with E-state index in [4.69, 9.17) is 0 Å². The average Bonchev–Trinajstić information content (AvgIpc) is 2.58. The highest BCUT2D eigenvalue weighted by Crippen LogP contribution is 2.40. The third-order valence-electron chi connectivity index (χ3n) is 4.07. The largest absolute Gasteiger partial charge is 0.479 e. The molecule has 1 aliphatic rings. The van der Waals surface area contributed by atoms with Crippen LogP contribution >= 0.6 is 0 Å². The zero-order valence-electron chi connectivity index (χ0n) is 10.9. The molecule has 17 heavy (non-hydrogen) atoms. The molecule has 1 saturated carbocycles. The number of aliphatic carboxylic acids is 1. The van der Waals surface area contributed by atoms with Gasteiger partial charge in [-0.25, -0.2) is 4.79 Å². The fourth-order valence-electron chi connectivity index (χ4n) is 3.36. The van der Waals surface area contributed by atoms with Crippen LogP contribution in [0, 0.1) is 19.8 Å². The molecule has 0 saturated heterocycles. The van der Waals surface area contributed by atoms with E-state index in [0.717, 1.165) is 37.1 Å². The molecule has 1 aromatic rings. The van der Waals surface area contributed by atoms with Crippen LogP contribution in [0.1, 0.15) is 44.0 Å². The Morgan fingerprint density at radius 1 is 1.41 bits per heavy atom. The fourth-order valence-corrected chi connectivity index (χ4v) is 3.36. The lowest BCUT2D eigenvalue weighted by Gasteiger charge is -2.39. The number of carbonyl (C=O) groups is 1. The second-order valence-electron chi connectivity index (χ2n) is 5.49. The number of aryl methyl sites for hydroxylation is 2. The van der Waals surface area contributed by atoms with Crippen molar-refractivity contribution in [3.05, 3.63) is 23.5 Å². The first-order valence-corrected chi connectivity index (χ1v) is 6.36. The molecule has 1 aliphatic carbocycles. The van der Waals surface area contributed by atoms with Gasteiger partial charge in [0.05, 0.1) is 0 Å². The van der Waals surface area contributed by atoms with Crippen molar-refractivity contribution >= 4 is 5.97 Å². The van der Waals surface area contributed by atoms with Crippen molar-refractivity contribution in [1.29, 1.82) is 0 Å². The lowest BCUT2D eigenvalue weighted by atomic mass is 9.76. The summed E-state index contributed by atoms with van der Waals surface area (Å²) < 4.78 is 2.03. The zero-order chi connectivity index (χ0) is 12.6. The van der Waals surface area contributed by atoms with Crippen LogP contribution in [0.3, 0.4) is 0 Å². The van der Waals surface area contributed by atoms with Crippen molar-refractivity contribution in [2.24, 2.45) is 5.92 Å². The van der Waals surface area contributed by atoms with Crippen LogP contribution in [-0.4, -0.2) is 15.6 Å². The quantitative estimate of drug-likeness (QED) is 0.856. The van der Waals surface area contributed by atoms with Crippen molar-refractivity contribution in [3.63, 3.8) is 0 Å². The number of rotatable bonds is 2. The second kappa shape index (κ2) is 4.21. The van der Waals surface area contributed by atoms with Crippen molar-refractivity contribution in [2.75, 3.05) is 0 Å². The molecule has 94 valence electrons. The topological polar surface area (TPSA) is 42.2 Å². The summed E-state index contributed by atoms with van der Waals surface area (Å²) in [5, 5.41) is 9.71. The van der Waals surface area contributed by atoms with Gasteiger partial charge in [-0.2, -0.15) is 0 Å². The maximum absolute atomic E-state index is 11.8. The van der Waals surface area contributed by atoms with E-state index in [1.54, 1.807) is 0 Å². The van der Waals surface area contributed by atoms with E-state index in [9.17, 15) is 9.90 Å². The van der Waals surface area contributed by atoms with Crippen LogP contribution in [0.25, 0.3) is 0 Å². The minimum Gasteiger partial charge on any atom is -0.479 e. The Bertz CT molecular complexity index is 416. The number of carboxylic acid groups (broad SMARTS) is 1. The van der Waals surface area contributed by atoms with E-state index in [-0.39, 0.29) is 0 Å². The fraction of sp³-hybridized carbons (Fsp3) is 0.643. The van der Waals surface area contributed by atoms with Gasteiger partial charge in [-0.05, 0) is 44.7 Å². The standard InChI is InChI=1S/C14H21NO2/c1-10-5-4-8-14(9-10,13(16)17)15-11(2)6-7-12(15)3/h6-7,10H,4-5,8-9H2,1-3H3,(H,16,17). The van der Waals surface area contributed by atoms with E-state index in [0.29, 0.717) is 5.92 Å². The Morgan fingerprint density at radius 2 is 2.00 bits per heavy atom. The molecule has 0 amide bonds. The number of nitrogens with zero attached hydrogens (tertiary/aromatic N) is 1. The lowest BCUT2D eigenvalue weighted by Crippen LogP contribution is -2.46. The molecule has 1 heterocycles. The summed E-state index contributed by atoms with van der Waals surface area (Å²) >= 11 is 0. The zero-order valence-corrected chi connectivity index (χ0v) is 10.9. The van der Waals surface area contributed by atoms with Gasteiger partial charge in [-0.15, -0.1) is 0 Å². The van der Waals surface area contributed by atoms with Crippen molar-refractivity contribution < 1.29 is 9.90 Å². The molecule has 3 heteroatoms. The predicted molar refractivity (Wildman–Crippen MR) is 67.1 cm³/mol. The van der Waals surface area contributed by atoms with Crippen LogP contribution in [0.2, 0.25) is 0 Å². The SMILES string of the molecule is Cc1ccc(C)n1C1(C(=O)O)CCCC(C)C1. The Morgan fingerprint density at radius 3 is 2.47 bits per heavy atom. The molecule has 2 unspecified atom stereocenters. The first-order valence-electron chi connectivity index (χ1n) is 6.36. The van der Waals surface area contributed by atoms with Gasteiger partial charge in [-0.3, -0.25) is 0 Å². The molecule has 1 N–H and O–H groups in total. The van der Waals surface area contributed by atoms with Crippen molar-refractivity contribution in [3.8, 4) is 0 Å². The van der Waals surface area contributed by atoms with Gasteiger partial charge >= 0.3 is 5.97 Å². The number of aromatic nitrogens is 1. The van der Waals surface area contributed by atoms with Crippen LogP contribution < -0.4 is 0 Å². The Labute approximate surface area is 102 Å². The third kappa shape index (κ3) is 1.88. The Balaban J connectivity index is 2.51. The summed E-state index contributed by atoms with van der Waals surface area (Å²) in [6.45, 7) is 6.15. The van der Waals surface area contributed by atoms with E-state index in [1.165, 1.54) is 0 Å². The summed E-state index contributed by atoms with van der Waals surface area (Å²) in [6.07, 6.45) is 3.65. The minimum atomic E-state index is -0.713. The number of hydrogen-bond donors (Lipinski definition) is 1. The van der Waals surface area contributed by atoms with Crippen LogP contribution in [0.15, 0.2) is 12.1 Å². The van der Waals surface area contributed by atoms with Gasteiger partial charge in [0, 0.05) is 11.4 Å². The lowest BCUT2D eigenvalue weighted by molar-refractivity contribution is -0.150.